The summed E-state index contributed by atoms with van der Waals surface area (Å²) in [5.74, 6) is -1.12. The van der Waals surface area contributed by atoms with Crippen LogP contribution < -0.4 is 10.6 Å². The molecule has 3 aromatic heterocycles. The molecule has 4 aromatic rings. The molecule has 1 aliphatic rings. The lowest BCUT2D eigenvalue weighted by molar-refractivity contribution is 0.491. The number of nitrogen functional groups attached to an aromatic ring is 1. The van der Waals surface area contributed by atoms with Gasteiger partial charge in [-0.2, -0.15) is 9.61 Å². The molecule has 1 atom stereocenters. The van der Waals surface area contributed by atoms with Crippen LogP contribution in [-0.4, -0.2) is 42.5 Å². The molecule has 4 heterocycles. The van der Waals surface area contributed by atoms with Gasteiger partial charge in [0.15, 0.2) is 23.1 Å². The molecular formula is C18H18F2N8. The smallest absolute Gasteiger partial charge is 0.223 e. The van der Waals surface area contributed by atoms with E-state index in [9.17, 15) is 8.78 Å². The molecule has 28 heavy (non-hydrogen) atoms. The molecule has 2 N–H and O–H groups in total. The van der Waals surface area contributed by atoms with Crippen LogP contribution in [0.5, 0.6) is 0 Å². The Bertz CT molecular complexity index is 1200. The molecule has 0 bridgehead atoms. The highest BCUT2D eigenvalue weighted by atomic mass is 19.2. The number of aromatic nitrogens is 6. The number of benzene rings is 1. The predicted molar refractivity (Wildman–Crippen MR) is 100 cm³/mol. The van der Waals surface area contributed by atoms with E-state index < -0.39 is 11.6 Å². The van der Waals surface area contributed by atoms with Crippen LogP contribution in [-0.2, 0) is 7.05 Å². The second-order valence-electron chi connectivity index (χ2n) is 7.12. The van der Waals surface area contributed by atoms with Crippen LogP contribution in [0.1, 0.15) is 24.6 Å². The summed E-state index contributed by atoms with van der Waals surface area (Å²) in [6.45, 7) is 1.68. The van der Waals surface area contributed by atoms with E-state index in [0.717, 1.165) is 43.8 Å². The third-order valence-corrected chi connectivity index (χ3v) is 5.20. The maximum absolute atomic E-state index is 13.8. The molecule has 1 saturated heterocycles. The van der Waals surface area contributed by atoms with Gasteiger partial charge in [-0.3, -0.25) is 4.68 Å². The average molecular weight is 384 g/mol. The molecule has 1 aliphatic heterocycles. The molecule has 0 saturated carbocycles. The van der Waals surface area contributed by atoms with Crippen LogP contribution in [0.25, 0.3) is 16.6 Å². The zero-order valence-corrected chi connectivity index (χ0v) is 15.2. The van der Waals surface area contributed by atoms with Crippen LogP contribution in [0.2, 0.25) is 0 Å². The fraction of sp³-hybridized carbons (Fsp3) is 0.333. The average Bonchev–Trinajstić information content (AvgIpc) is 3.31. The first kappa shape index (κ1) is 16.8. The topological polar surface area (TPSA) is 90.2 Å². The molecule has 0 amide bonds. The molecule has 8 nitrogen and oxygen atoms in total. The number of piperidine rings is 1. The van der Waals surface area contributed by atoms with E-state index in [2.05, 4.69) is 25.1 Å². The van der Waals surface area contributed by atoms with Crippen molar-refractivity contribution in [3.05, 3.63) is 42.0 Å². The number of fused-ring (bicyclic) bond motifs is 3. The SMILES string of the molecule is Cn1cc(N2CCC[C@@H](c3nc4c5cc(F)c(F)cc5nc(N)n4n3)C2)cn1. The minimum absolute atomic E-state index is 0.0900. The largest absolute Gasteiger partial charge is 0.368 e. The number of nitrogens with zero attached hydrogens (tertiary/aromatic N) is 7. The second-order valence-corrected chi connectivity index (χ2v) is 7.12. The summed E-state index contributed by atoms with van der Waals surface area (Å²) in [7, 11) is 1.89. The van der Waals surface area contributed by atoms with Gasteiger partial charge in [-0.1, -0.05) is 0 Å². The van der Waals surface area contributed by atoms with Crippen molar-refractivity contribution in [3.8, 4) is 0 Å². The molecule has 0 unspecified atom stereocenters. The van der Waals surface area contributed by atoms with Gasteiger partial charge in [0.2, 0.25) is 5.95 Å². The summed E-state index contributed by atoms with van der Waals surface area (Å²) < 4.78 is 30.5. The summed E-state index contributed by atoms with van der Waals surface area (Å²) in [6.07, 6.45) is 5.74. The molecule has 10 heteroatoms. The van der Waals surface area contributed by atoms with Gasteiger partial charge in [0.05, 0.1) is 17.4 Å². The number of aryl methyl sites for hydroxylation is 1. The van der Waals surface area contributed by atoms with E-state index in [4.69, 9.17) is 5.73 Å². The molecule has 144 valence electrons. The van der Waals surface area contributed by atoms with Gasteiger partial charge in [0, 0.05) is 43.7 Å². The minimum atomic E-state index is -0.970. The van der Waals surface area contributed by atoms with Crippen LogP contribution in [0, 0.1) is 11.6 Å². The molecule has 1 aromatic carbocycles. The summed E-state index contributed by atoms with van der Waals surface area (Å²) >= 11 is 0. The van der Waals surface area contributed by atoms with Crippen molar-refractivity contribution >= 4 is 28.2 Å². The summed E-state index contributed by atoms with van der Waals surface area (Å²) in [5.41, 5.74) is 7.68. The number of hydrogen-bond donors (Lipinski definition) is 1. The Morgan fingerprint density at radius 1 is 1.18 bits per heavy atom. The molecule has 5 rings (SSSR count). The van der Waals surface area contributed by atoms with E-state index in [0.29, 0.717) is 16.9 Å². The Morgan fingerprint density at radius 3 is 2.79 bits per heavy atom. The van der Waals surface area contributed by atoms with Gasteiger partial charge in [0.25, 0.3) is 0 Å². The third kappa shape index (κ3) is 2.63. The monoisotopic (exact) mass is 384 g/mol. The first-order chi connectivity index (χ1) is 13.5. The molecule has 0 radical (unpaired) electrons. The lowest BCUT2D eigenvalue weighted by Gasteiger charge is -2.32. The predicted octanol–water partition coefficient (Wildman–Crippen LogP) is 2.26. The van der Waals surface area contributed by atoms with Gasteiger partial charge >= 0.3 is 0 Å². The highest BCUT2D eigenvalue weighted by molar-refractivity contribution is 5.92. The summed E-state index contributed by atoms with van der Waals surface area (Å²) in [4.78, 5) is 11.0. The number of anilines is 2. The van der Waals surface area contributed by atoms with E-state index in [1.807, 2.05) is 19.4 Å². The molecule has 0 aliphatic carbocycles. The number of nitrogens with two attached hydrogens (primary N) is 1. The zero-order valence-electron chi connectivity index (χ0n) is 15.2. The third-order valence-electron chi connectivity index (χ3n) is 5.20. The number of hydrogen-bond acceptors (Lipinski definition) is 6. The van der Waals surface area contributed by atoms with Crippen molar-refractivity contribution in [1.82, 2.24) is 29.4 Å². The molecule has 0 spiro atoms. The fourth-order valence-corrected chi connectivity index (χ4v) is 3.81. The van der Waals surface area contributed by atoms with Gasteiger partial charge in [0.1, 0.15) is 0 Å². The maximum Gasteiger partial charge on any atom is 0.223 e. The minimum Gasteiger partial charge on any atom is -0.368 e. The van der Waals surface area contributed by atoms with Gasteiger partial charge in [-0.05, 0) is 18.9 Å². The quantitative estimate of drug-likeness (QED) is 0.570. The Morgan fingerprint density at radius 2 is 2.00 bits per heavy atom. The summed E-state index contributed by atoms with van der Waals surface area (Å²) in [6, 6.07) is 2.12. The van der Waals surface area contributed by atoms with Crippen LogP contribution >= 0.6 is 0 Å². The van der Waals surface area contributed by atoms with E-state index >= 15 is 0 Å². The number of rotatable bonds is 2. The Hall–Kier alpha value is -3.30. The first-order valence-corrected chi connectivity index (χ1v) is 9.04. The van der Waals surface area contributed by atoms with Crippen molar-refractivity contribution in [3.63, 3.8) is 0 Å². The van der Waals surface area contributed by atoms with Crippen molar-refractivity contribution in [2.45, 2.75) is 18.8 Å². The van der Waals surface area contributed by atoms with Gasteiger partial charge in [-0.25, -0.2) is 18.7 Å². The van der Waals surface area contributed by atoms with Crippen LogP contribution in [0.3, 0.4) is 0 Å². The summed E-state index contributed by atoms with van der Waals surface area (Å²) in [5, 5.41) is 9.14. The van der Waals surface area contributed by atoms with Gasteiger partial charge in [-0.15, -0.1) is 5.10 Å². The lowest BCUT2D eigenvalue weighted by atomic mass is 9.97. The van der Waals surface area contributed by atoms with Gasteiger partial charge < -0.3 is 10.6 Å². The standard InChI is InChI=1S/C18H18F2N8/c1-26-9-11(7-22-26)27-4-2-3-10(8-27)16-24-17-12-5-13(19)14(20)6-15(12)23-18(21)28(17)25-16/h5-7,9-10H,2-4,8H2,1H3,(H2,21,23)/t10-/m1/s1. The maximum atomic E-state index is 13.8. The van der Waals surface area contributed by atoms with Crippen molar-refractivity contribution < 1.29 is 8.78 Å². The Kier molecular flexibility index (Phi) is 3.68. The second kappa shape index (κ2) is 6.11. The van der Waals surface area contributed by atoms with Crippen LogP contribution in [0.15, 0.2) is 24.5 Å². The van der Waals surface area contributed by atoms with E-state index in [1.54, 1.807) is 4.68 Å². The van der Waals surface area contributed by atoms with E-state index in [1.165, 1.54) is 4.52 Å². The Balaban J connectivity index is 1.56. The fourth-order valence-electron chi connectivity index (χ4n) is 3.81. The van der Waals surface area contributed by atoms with Crippen molar-refractivity contribution in [2.24, 2.45) is 7.05 Å². The van der Waals surface area contributed by atoms with Crippen LogP contribution in [0.4, 0.5) is 20.4 Å². The highest BCUT2D eigenvalue weighted by Crippen LogP contribution is 2.30. The molecular weight excluding hydrogens is 366 g/mol. The first-order valence-electron chi connectivity index (χ1n) is 9.04. The molecule has 1 fully saturated rings. The van der Waals surface area contributed by atoms with Crippen molar-refractivity contribution in [2.75, 3.05) is 23.7 Å². The number of halogens is 2. The van der Waals surface area contributed by atoms with E-state index in [-0.39, 0.29) is 17.4 Å². The highest BCUT2D eigenvalue weighted by Gasteiger charge is 2.26. The lowest BCUT2D eigenvalue weighted by Crippen LogP contribution is -2.34. The van der Waals surface area contributed by atoms with Crippen molar-refractivity contribution in [1.29, 1.82) is 0 Å². The Labute approximate surface area is 158 Å². The zero-order chi connectivity index (χ0) is 19.4. The normalized spacial score (nSPS) is 17.7.